The second kappa shape index (κ2) is 3.93. The van der Waals surface area contributed by atoms with Crippen LogP contribution in [-0.4, -0.2) is 26.5 Å². The third kappa shape index (κ3) is 2.43. The number of hydrogen-bond acceptors (Lipinski definition) is 5. The average molecular weight is 236 g/mol. The number of carbonyl (C=O) groups excluding carboxylic acids is 1. The minimum Gasteiger partial charge on any atom is -0.464 e. The lowest BCUT2D eigenvalue weighted by Crippen LogP contribution is -2.06. The standard InChI is InChI=1S/C7H6ClNO4S/c1-13-7(10)5-3-2-4-6(9-5)14(8,11)12/h2-4H,1H3. The van der Waals surface area contributed by atoms with Gasteiger partial charge in [0.2, 0.25) is 0 Å². The van der Waals surface area contributed by atoms with Crippen molar-refractivity contribution in [2.45, 2.75) is 5.03 Å². The van der Waals surface area contributed by atoms with Crippen LogP contribution < -0.4 is 0 Å². The van der Waals surface area contributed by atoms with Gasteiger partial charge >= 0.3 is 5.97 Å². The Morgan fingerprint density at radius 3 is 2.64 bits per heavy atom. The van der Waals surface area contributed by atoms with Crippen molar-refractivity contribution in [3.63, 3.8) is 0 Å². The molecule has 1 heterocycles. The Hall–Kier alpha value is -1.14. The molecule has 0 radical (unpaired) electrons. The van der Waals surface area contributed by atoms with Crippen molar-refractivity contribution in [3.05, 3.63) is 23.9 Å². The van der Waals surface area contributed by atoms with Gasteiger partial charge in [-0.3, -0.25) is 0 Å². The fourth-order valence-corrected chi connectivity index (χ4v) is 1.48. The summed E-state index contributed by atoms with van der Waals surface area (Å²) >= 11 is 0. The van der Waals surface area contributed by atoms with Gasteiger partial charge in [-0.15, -0.1) is 0 Å². The van der Waals surface area contributed by atoms with Gasteiger partial charge in [0.25, 0.3) is 9.05 Å². The fraction of sp³-hybridized carbons (Fsp3) is 0.143. The van der Waals surface area contributed by atoms with Crippen molar-refractivity contribution in [2.24, 2.45) is 0 Å². The molecule has 5 nitrogen and oxygen atoms in total. The number of hydrogen-bond donors (Lipinski definition) is 0. The minimum atomic E-state index is -3.91. The lowest BCUT2D eigenvalue weighted by molar-refractivity contribution is 0.0593. The van der Waals surface area contributed by atoms with Crippen molar-refractivity contribution in [1.29, 1.82) is 0 Å². The molecule has 0 spiro atoms. The predicted molar refractivity (Wildman–Crippen MR) is 48.6 cm³/mol. The first-order chi connectivity index (χ1) is 6.45. The van der Waals surface area contributed by atoms with Crippen LogP contribution in [0.25, 0.3) is 0 Å². The molecule has 1 rings (SSSR count). The highest BCUT2D eigenvalue weighted by atomic mass is 35.7. The van der Waals surface area contributed by atoms with Crippen LogP contribution in [0.3, 0.4) is 0 Å². The van der Waals surface area contributed by atoms with E-state index in [2.05, 4.69) is 9.72 Å². The first-order valence-corrected chi connectivity index (χ1v) is 5.76. The molecule has 0 aliphatic rings. The van der Waals surface area contributed by atoms with E-state index < -0.39 is 15.0 Å². The molecule has 0 aromatic carbocycles. The van der Waals surface area contributed by atoms with Gasteiger partial charge in [-0.1, -0.05) is 6.07 Å². The third-order valence-corrected chi connectivity index (χ3v) is 2.57. The molecular formula is C7H6ClNO4S. The second-order valence-electron chi connectivity index (χ2n) is 2.29. The molecular weight excluding hydrogens is 230 g/mol. The van der Waals surface area contributed by atoms with Crippen LogP contribution in [0.2, 0.25) is 0 Å². The smallest absolute Gasteiger partial charge is 0.356 e. The molecule has 0 atom stereocenters. The molecule has 76 valence electrons. The van der Waals surface area contributed by atoms with Gasteiger partial charge in [-0.25, -0.2) is 18.2 Å². The molecule has 0 amide bonds. The molecule has 0 aliphatic heterocycles. The summed E-state index contributed by atoms with van der Waals surface area (Å²) < 4.78 is 26.1. The van der Waals surface area contributed by atoms with E-state index in [-0.39, 0.29) is 10.7 Å². The third-order valence-electron chi connectivity index (χ3n) is 1.37. The molecule has 1 aromatic heterocycles. The Labute approximate surface area is 85.1 Å². The summed E-state index contributed by atoms with van der Waals surface area (Å²) in [6.45, 7) is 0. The topological polar surface area (TPSA) is 73.3 Å². The van der Waals surface area contributed by atoms with Crippen LogP contribution in [0.1, 0.15) is 10.5 Å². The summed E-state index contributed by atoms with van der Waals surface area (Å²) in [5, 5.41) is -0.373. The van der Waals surface area contributed by atoms with E-state index in [0.29, 0.717) is 0 Å². The van der Waals surface area contributed by atoms with E-state index in [1.807, 2.05) is 0 Å². The number of aromatic nitrogens is 1. The second-order valence-corrected chi connectivity index (χ2v) is 4.80. The van der Waals surface area contributed by atoms with Crippen LogP contribution in [0.4, 0.5) is 0 Å². The quantitative estimate of drug-likeness (QED) is 0.560. The van der Waals surface area contributed by atoms with Crippen molar-refractivity contribution >= 4 is 25.7 Å². The fourth-order valence-electron chi connectivity index (χ4n) is 0.769. The average Bonchev–Trinajstić information content (AvgIpc) is 2.15. The largest absolute Gasteiger partial charge is 0.464 e. The number of nitrogens with zero attached hydrogens (tertiary/aromatic N) is 1. The Kier molecular flexibility index (Phi) is 3.07. The summed E-state index contributed by atoms with van der Waals surface area (Å²) in [5.41, 5.74) is -0.103. The highest BCUT2D eigenvalue weighted by Gasteiger charge is 2.15. The summed E-state index contributed by atoms with van der Waals surface area (Å²) in [6, 6.07) is 3.88. The zero-order valence-electron chi connectivity index (χ0n) is 7.10. The predicted octanol–water partition coefficient (Wildman–Crippen LogP) is 0.796. The van der Waals surface area contributed by atoms with Crippen molar-refractivity contribution in [3.8, 4) is 0 Å². The van der Waals surface area contributed by atoms with Crippen LogP contribution in [0.15, 0.2) is 23.2 Å². The van der Waals surface area contributed by atoms with Crippen LogP contribution >= 0.6 is 10.7 Å². The van der Waals surface area contributed by atoms with E-state index in [1.165, 1.54) is 25.3 Å². The van der Waals surface area contributed by atoms with E-state index in [1.54, 1.807) is 0 Å². The number of carbonyl (C=O) groups is 1. The molecule has 0 fully saturated rings. The Morgan fingerprint density at radius 2 is 2.14 bits per heavy atom. The van der Waals surface area contributed by atoms with E-state index in [4.69, 9.17) is 10.7 Å². The number of pyridine rings is 1. The lowest BCUT2D eigenvalue weighted by Gasteiger charge is -1.99. The molecule has 0 saturated heterocycles. The molecule has 0 saturated carbocycles. The van der Waals surface area contributed by atoms with E-state index in [9.17, 15) is 13.2 Å². The van der Waals surface area contributed by atoms with Crippen molar-refractivity contribution in [1.82, 2.24) is 4.98 Å². The molecule has 1 aromatic rings. The van der Waals surface area contributed by atoms with Crippen molar-refractivity contribution in [2.75, 3.05) is 7.11 Å². The Bertz CT molecular complexity index is 457. The van der Waals surface area contributed by atoms with E-state index in [0.717, 1.165) is 0 Å². The van der Waals surface area contributed by atoms with Gasteiger partial charge < -0.3 is 4.74 Å². The zero-order valence-corrected chi connectivity index (χ0v) is 8.67. The van der Waals surface area contributed by atoms with Crippen molar-refractivity contribution < 1.29 is 17.9 Å². The van der Waals surface area contributed by atoms with Gasteiger partial charge in [0.15, 0.2) is 5.03 Å². The van der Waals surface area contributed by atoms with Crippen LogP contribution in [0, 0.1) is 0 Å². The zero-order chi connectivity index (χ0) is 10.8. The maximum Gasteiger partial charge on any atom is 0.356 e. The monoisotopic (exact) mass is 235 g/mol. The normalized spacial score (nSPS) is 11.0. The molecule has 0 bridgehead atoms. The summed E-state index contributed by atoms with van der Waals surface area (Å²) in [6.07, 6.45) is 0. The van der Waals surface area contributed by atoms with Gasteiger partial charge in [0.05, 0.1) is 7.11 Å². The van der Waals surface area contributed by atoms with Crippen LogP contribution in [-0.2, 0) is 13.8 Å². The SMILES string of the molecule is COC(=O)c1cccc(S(=O)(=O)Cl)n1. The van der Waals surface area contributed by atoms with E-state index >= 15 is 0 Å². The van der Waals surface area contributed by atoms with Crippen LogP contribution in [0.5, 0.6) is 0 Å². The van der Waals surface area contributed by atoms with Gasteiger partial charge in [-0.2, -0.15) is 0 Å². The number of halogens is 1. The van der Waals surface area contributed by atoms with Gasteiger partial charge in [0, 0.05) is 10.7 Å². The molecule has 7 heteroatoms. The van der Waals surface area contributed by atoms with Gasteiger partial charge in [-0.05, 0) is 12.1 Å². The minimum absolute atomic E-state index is 0.103. The number of ether oxygens (including phenoxy) is 1. The Morgan fingerprint density at radius 1 is 1.50 bits per heavy atom. The highest BCUT2D eigenvalue weighted by molar-refractivity contribution is 8.13. The summed E-state index contributed by atoms with van der Waals surface area (Å²) in [5.74, 6) is -0.716. The number of rotatable bonds is 2. The lowest BCUT2D eigenvalue weighted by atomic mass is 10.4. The van der Waals surface area contributed by atoms with Gasteiger partial charge in [0.1, 0.15) is 5.69 Å². The Balaban J connectivity index is 3.21. The molecule has 0 unspecified atom stereocenters. The first kappa shape index (κ1) is 10.9. The molecule has 0 aliphatic carbocycles. The maximum absolute atomic E-state index is 11.0. The summed E-state index contributed by atoms with van der Waals surface area (Å²) in [4.78, 5) is 14.5. The molecule has 0 N–H and O–H groups in total. The maximum atomic E-state index is 11.0. The number of esters is 1. The molecule has 14 heavy (non-hydrogen) atoms. The first-order valence-electron chi connectivity index (χ1n) is 3.45. The highest BCUT2D eigenvalue weighted by Crippen LogP contribution is 2.12. The summed E-state index contributed by atoms with van der Waals surface area (Å²) in [7, 11) is 2.29. The number of methoxy groups -OCH3 is 1.